The summed E-state index contributed by atoms with van der Waals surface area (Å²) in [4.78, 5) is 29.1. The van der Waals surface area contributed by atoms with Crippen molar-refractivity contribution in [1.82, 2.24) is 10.2 Å². The van der Waals surface area contributed by atoms with Crippen LogP contribution in [0, 0.1) is 5.92 Å². The second-order valence-corrected chi connectivity index (χ2v) is 10.1. The van der Waals surface area contributed by atoms with Gasteiger partial charge in [0, 0.05) is 18.1 Å². The van der Waals surface area contributed by atoms with Gasteiger partial charge in [-0.05, 0) is 53.5 Å². The zero-order valence-corrected chi connectivity index (χ0v) is 21.1. The maximum absolute atomic E-state index is 13.6. The summed E-state index contributed by atoms with van der Waals surface area (Å²) in [5.74, 6) is -0.216. The van der Waals surface area contributed by atoms with Gasteiger partial charge >= 0.3 is 0 Å². The van der Waals surface area contributed by atoms with Gasteiger partial charge in [-0.1, -0.05) is 98.2 Å². The molecular weight excluding hydrogens is 456 g/mol. The van der Waals surface area contributed by atoms with E-state index in [0.717, 1.165) is 29.0 Å². The number of nitrogens with zero attached hydrogens (tertiary/aromatic N) is 1. The number of carbonyl (C=O) groups excluding carboxylic acids is 2. The number of piperidine rings is 1. The Kier molecular flexibility index (Phi) is 8.25. The van der Waals surface area contributed by atoms with E-state index in [0.29, 0.717) is 19.0 Å². The van der Waals surface area contributed by atoms with Gasteiger partial charge < -0.3 is 10.2 Å². The van der Waals surface area contributed by atoms with Gasteiger partial charge in [0.25, 0.3) is 0 Å². The minimum Gasteiger partial charge on any atom is -0.343 e. The monoisotopic (exact) mass is 488 g/mol. The molecule has 1 atom stereocenters. The molecule has 1 fully saturated rings. The fourth-order valence-corrected chi connectivity index (χ4v) is 5.03. The highest BCUT2D eigenvalue weighted by Gasteiger charge is 2.33. The lowest BCUT2D eigenvalue weighted by Gasteiger charge is -2.36. The Morgan fingerprint density at radius 1 is 0.829 bits per heavy atom. The molecule has 35 heavy (non-hydrogen) atoms. The number of nitrogens with one attached hydrogen (secondary N) is 1. The molecule has 4 rings (SSSR count). The second kappa shape index (κ2) is 11.5. The van der Waals surface area contributed by atoms with Crippen molar-refractivity contribution in [2.24, 2.45) is 5.92 Å². The largest absolute Gasteiger partial charge is 0.343 e. The Bertz CT molecular complexity index is 1070. The van der Waals surface area contributed by atoms with E-state index in [2.05, 4.69) is 17.4 Å². The molecule has 182 valence electrons. The van der Waals surface area contributed by atoms with E-state index in [1.54, 1.807) is 0 Å². The third-order valence-corrected chi connectivity index (χ3v) is 7.16. The summed E-state index contributed by atoms with van der Waals surface area (Å²) in [7, 11) is 0. The first-order valence-electron chi connectivity index (χ1n) is 12.4. The molecule has 0 saturated carbocycles. The average molecular weight is 489 g/mol. The molecule has 5 heteroatoms. The third kappa shape index (κ3) is 6.12. The topological polar surface area (TPSA) is 49.4 Å². The molecule has 1 unspecified atom stereocenters. The summed E-state index contributed by atoms with van der Waals surface area (Å²) in [5.41, 5.74) is 3.09. The summed E-state index contributed by atoms with van der Waals surface area (Å²) in [6.07, 6.45) is 1.81. The smallest absolute Gasteiger partial charge is 0.245 e. The van der Waals surface area contributed by atoms with Crippen molar-refractivity contribution in [3.8, 4) is 0 Å². The highest BCUT2D eigenvalue weighted by Crippen LogP contribution is 2.30. The minimum atomic E-state index is -0.565. The van der Waals surface area contributed by atoms with Crippen molar-refractivity contribution >= 4 is 23.4 Å². The summed E-state index contributed by atoms with van der Waals surface area (Å²) < 4.78 is 0. The first kappa shape index (κ1) is 25.0. The zero-order chi connectivity index (χ0) is 24.8. The van der Waals surface area contributed by atoms with Crippen LogP contribution in [0.15, 0.2) is 84.9 Å². The van der Waals surface area contributed by atoms with Crippen LogP contribution in [-0.4, -0.2) is 35.8 Å². The van der Waals surface area contributed by atoms with Gasteiger partial charge in [-0.15, -0.1) is 0 Å². The van der Waals surface area contributed by atoms with Crippen molar-refractivity contribution in [2.75, 3.05) is 13.1 Å². The molecule has 1 heterocycles. The molecule has 3 aromatic carbocycles. The summed E-state index contributed by atoms with van der Waals surface area (Å²) in [5, 5.41) is 3.85. The molecule has 0 radical (unpaired) electrons. The number of benzene rings is 3. The van der Waals surface area contributed by atoms with Gasteiger partial charge in [-0.2, -0.15) is 0 Å². The quantitative estimate of drug-likeness (QED) is 0.442. The number of hydrogen-bond acceptors (Lipinski definition) is 2. The van der Waals surface area contributed by atoms with Gasteiger partial charge in [0.2, 0.25) is 11.8 Å². The molecular formula is C30H33ClN2O2. The number of hydrogen-bond donors (Lipinski definition) is 1. The van der Waals surface area contributed by atoms with Crippen LogP contribution in [0.2, 0.25) is 5.02 Å². The highest BCUT2D eigenvalue weighted by atomic mass is 35.5. The molecule has 0 spiro atoms. The molecule has 4 nitrogen and oxygen atoms in total. The van der Waals surface area contributed by atoms with E-state index in [4.69, 9.17) is 11.6 Å². The number of likely N-dealkylation sites (tertiary alicyclic amines) is 1. The Hall–Kier alpha value is -3.11. The van der Waals surface area contributed by atoms with Crippen LogP contribution in [0.1, 0.15) is 55.2 Å². The first-order chi connectivity index (χ1) is 16.9. The van der Waals surface area contributed by atoms with Crippen LogP contribution in [0.3, 0.4) is 0 Å². The Balaban J connectivity index is 1.46. The number of halogens is 1. The van der Waals surface area contributed by atoms with Crippen LogP contribution >= 0.6 is 11.6 Å². The number of amides is 2. The first-order valence-corrected chi connectivity index (χ1v) is 12.8. The van der Waals surface area contributed by atoms with E-state index >= 15 is 0 Å². The van der Waals surface area contributed by atoms with Crippen molar-refractivity contribution < 1.29 is 9.59 Å². The van der Waals surface area contributed by atoms with E-state index in [1.165, 1.54) is 5.56 Å². The predicted octanol–water partition coefficient (Wildman–Crippen LogP) is 6.02. The summed E-state index contributed by atoms with van der Waals surface area (Å²) in [6.45, 7) is 5.35. The SMILES string of the molecule is CC(C)C(NC(=O)C(c1ccccc1)c1ccccc1)C(=O)N1CCC(c2ccc(Cl)cc2)CC1. The van der Waals surface area contributed by atoms with Crippen LogP contribution < -0.4 is 5.32 Å². The summed E-state index contributed by atoms with van der Waals surface area (Å²) >= 11 is 6.03. The molecule has 3 aromatic rings. The van der Waals surface area contributed by atoms with E-state index in [9.17, 15) is 9.59 Å². The molecule has 0 aromatic heterocycles. The van der Waals surface area contributed by atoms with Crippen LogP contribution in [0.25, 0.3) is 0 Å². The van der Waals surface area contributed by atoms with Crippen molar-refractivity contribution in [3.05, 3.63) is 107 Å². The van der Waals surface area contributed by atoms with Crippen LogP contribution in [0.4, 0.5) is 0 Å². The maximum Gasteiger partial charge on any atom is 0.245 e. The fraction of sp³-hybridized carbons (Fsp3) is 0.333. The standard InChI is InChI=1S/C30H33ClN2O2/c1-21(2)28(30(35)33-19-17-23(18-20-33)22-13-15-26(31)16-14-22)32-29(34)27(24-9-5-3-6-10-24)25-11-7-4-8-12-25/h3-16,21,23,27-28H,17-20H2,1-2H3,(H,32,34). The lowest BCUT2D eigenvalue weighted by molar-refractivity contribution is -0.138. The molecule has 0 bridgehead atoms. The molecule has 1 N–H and O–H groups in total. The average Bonchev–Trinajstić information content (AvgIpc) is 2.89. The molecule has 1 aliphatic rings. The van der Waals surface area contributed by atoms with Gasteiger partial charge in [0.15, 0.2) is 0 Å². The number of rotatable bonds is 7. The molecule has 1 saturated heterocycles. The van der Waals surface area contributed by atoms with Gasteiger partial charge in [0.1, 0.15) is 6.04 Å². The van der Waals surface area contributed by atoms with Gasteiger partial charge in [0.05, 0.1) is 5.92 Å². The Morgan fingerprint density at radius 2 is 1.34 bits per heavy atom. The Labute approximate surface area is 213 Å². The maximum atomic E-state index is 13.6. The van der Waals surface area contributed by atoms with Gasteiger partial charge in [-0.3, -0.25) is 9.59 Å². The number of carbonyl (C=O) groups is 2. The normalized spacial score (nSPS) is 15.3. The minimum absolute atomic E-state index is 0.00257. The molecule has 2 amide bonds. The Morgan fingerprint density at radius 3 is 1.83 bits per heavy atom. The fourth-order valence-electron chi connectivity index (χ4n) is 4.90. The van der Waals surface area contributed by atoms with Gasteiger partial charge in [-0.25, -0.2) is 0 Å². The highest BCUT2D eigenvalue weighted by molar-refractivity contribution is 6.30. The second-order valence-electron chi connectivity index (χ2n) is 9.64. The molecule has 0 aliphatic carbocycles. The lowest BCUT2D eigenvalue weighted by atomic mass is 9.88. The van der Waals surface area contributed by atoms with Crippen LogP contribution in [0.5, 0.6) is 0 Å². The van der Waals surface area contributed by atoms with Crippen molar-refractivity contribution in [2.45, 2.75) is 44.6 Å². The van der Waals surface area contributed by atoms with E-state index in [1.807, 2.05) is 91.5 Å². The summed E-state index contributed by atoms with van der Waals surface area (Å²) in [6, 6.07) is 26.9. The molecule has 1 aliphatic heterocycles. The van der Waals surface area contributed by atoms with E-state index in [-0.39, 0.29) is 17.7 Å². The van der Waals surface area contributed by atoms with Crippen molar-refractivity contribution in [1.29, 1.82) is 0 Å². The predicted molar refractivity (Wildman–Crippen MR) is 142 cm³/mol. The zero-order valence-electron chi connectivity index (χ0n) is 20.4. The lowest BCUT2D eigenvalue weighted by Crippen LogP contribution is -2.53. The van der Waals surface area contributed by atoms with Crippen molar-refractivity contribution in [3.63, 3.8) is 0 Å². The third-order valence-electron chi connectivity index (χ3n) is 6.91. The van der Waals surface area contributed by atoms with Crippen LogP contribution in [-0.2, 0) is 9.59 Å². The van der Waals surface area contributed by atoms with E-state index < -0.39 is 12.0 Å².